The molecule has 2 amide bonds. The first-order valence-electron chi connectivity index (χ1n) is 10.9. The Balaban J connectivity index is 1.32. The van der Waals surface area contributed by atoms with Crippen LogP contribution >= 0.6 is 0 Å². The van der Waals surface area contributed by atoms with Gasteiger partial charge in [0.15, 0.2) is 11.6 Å². The minimum atomic E-state index is -4.62. The number of nitrogens with one attached hydrogen (secondary N) is 1. The first-order chi connectivity index (χ1) is 16.7. The molecular weight excluding hydrogens is 463 g/mol. The first kappa shape index (κ1) is 22.6. The van der Waals surface area contributed by atoms with E-state index in [1.807, 2.05) is 17.9 Å². The molecule has 1 aromatic heterocycles. The molecular formula is C24H20F3N5O3. The zero-order valence-corrected chi connectivity index (χ0v) is 18.6. The number of amides is 2. The molecule has 1 saturated heterocycles. The fourth-order valence-corrected chi connectivity index (χ4v) is 4.16. The predicted octanol–water partition coefficient (Wildman–Crippen LogP) is 4.12. The van der Waals surface area contributed by atoms with E-state index in [0.717, 1.165) is 11.6 Å². The second kappa shape index (κ2) is 8.57. The lowest BCUT2D eigenvalue weighted by molar-refractivity contribution is -0.138. The van der Waals surface area contributed by atoms with Crippen molar-refractivity contribution in [2.45, 2.75) is 13.1 Å². The number of aryl methyl sites for hydroxylation is 1. The van der Waals surface area contributed by atoms with Gasteiger partial charge in [0, 0.05) is 32.2 Å². The van der Waals surface area contributed by atoms with Gasteiger partial charge in [-0.2, -0.15) is 13.2 Å². The maximum atomic E-state index is 13.3. The average Bonchev–Trinajstić information content (AvgIpc) is 2.99. The normalized spacial score (nSPS) is 15.5. The molecule has 3 aromatic rings. The lowest BCUT2D eigenvalue weighted by Crippen LogP contribution is -2.49. The number of anilines is 2. The van der Waals surface area contributed by atoms with Crippen LogP contribution in [0.1, 0.15) is 31.8 Å². The predicted molar refractivity (Wildman–Crippen MR) is 121 cm³/mol. The lowest BCUT2D eigenvalue weighted by atomic mass is 10.1. The summed E-state index contributed by atoms with van der Waals surface area (Å²) in [6.07, 6.45) is -4.62. The third-order valence-corrected chi connectivity index (χ3v) is 6.00. The monoisotopic (exact) mass is 483 g/mol. The van der Waals surface area contributed by atoms with E-state index in [9.17, 15) is 22.8 Å². The third kappa shape index (κ3) is 4.25. The first-order valence-corrected chi connectivity index (χ1v) is 10.9. The average molecular weight is 483 g/mol. The van der Waals surface area contributed by atoms with E-state index in [1.54, 1.807) is 18.2 Å². The Morgan fingerprint density at radius 1 is 1.03 bits per heavy atom. The van der Waals surface area contributed by atoms with Crippen molar-refractivity contribution in [2.75, 3.05) is 36.4 Å². The Morgan fingerprint density at radius 3 is 2.51 bits per heavy atom. The number of halogens is 3. The highest BCUT2D eigenvalue weighted by molar-refractivity contribution is 6.08. The van der Waals surface area contributed by atoms with Gasteiger partial charge in [-0.1, -0.05) is 24.3 Å². The van der Waals surface area contributed by atoms with Crippen LogP contribution in [0.2, 0.25) is 0 Å². The van der Waals surface area contributed by atoms with Crippen molar-refractivity contribution in [3.05, 3.63) is 70.8 Å². The van der Waals surface area contributed by atoms with Crippen LogP contribution < -0.4 is 15.0 Å². The minimum Gasteiger partial charge on any atom is -0.434 e. The number of para-hydroxylation sites is 1. The van der Waals surface area contributed by atoms with E-state index in [4.69, 9.17) is 4.74 Å². The van der Waals surface area contributed by atoms with Gasteiger partial charge in [-0.05, 0) is 30.7 Å². The zero-order valence-electron chi connectivity index (χ0n) is 18.6. The molecule has 0 bridgehead atoms. The molecule has 0 atom stereocenters. The summed E-state index contributed by atoms with van der Waals surface area (Å²) in [7, 11) is 0. The van der Waals surface area contributed by atoms with Crippen LogP contribution in [0.5, 0.6) is 11.6 Å². The number of aromatic nitrogens is 2. The SMILES string of the molecule is Cc1cccc2c1Oc1nnc(N3CCN(C(=O)c4ccccc4C(F)(F)F)CC3)cc1C(=O)N2. The van der Waals surface area contributed by atoms with Crippen LogP contribution in [0.4, 0.5) is 24.7 Å². The van der Waals surface area contributed by atoms with Gasteiger partial charge in [0.2, 0.25) is 0 Å². The molecule has 0 aliphatic carbocycles. The maximum absolute atomic E-state index is 13.3. The summed E-state index contributed by atoms with van der Waals surface area (Å²) in [6, 6.07) is 11.7. The number of carbonyl (C=O) groups excluding carboxylic acids is 2. The molecule has 0 radical (unpaired) electrons. The quantitative estimate of drug-likeness (QED) is 0.590. The summed E-state index contributed by atoms with van der Waals surface area (Å²) in [4.78, 5) is 28.8. The molecule has 2 aromatic carbocycles. The van der Waals surface area contributed by atoms with E-state index in [-0.39, 0.29) is 30.1 Å². The van der Waals surface area contributed by atoms with Crippen molar-refractivity contribution in [3.63, 3.8) is 0 Å². The fourth-order valence-electron chi connectivity index (χ4n) is 4.16. The standard InChI is InChI=1S/C24H20F3N5O3/c1-14-5-4-8-18-20(14)35-22-16(21(33)28-18)13-19(29-30-22)31-9-11-32(12-10-31)23(34)15-6-2-3-7-17(15)24(25,26)27/h2-8,13H,9-12H2,1H3,(H,28,33). The molecule has 0 unspecified atom stereocenters. The van der Waals surface area contributed by atoms with Gasteiger partial charge in [0.25, 0.3) is 17.7 Å². The zero-order chi connectivity index (χ0) is 24.7. The van der Waals surface area contributed by atoms with Crippen LogP contribution in [0.25, 0.3) is 0 Å². The van der Waals surface area contributed by atoms with Crippen molar-refractivity contribution in [1.82, 2.24) is 15.1 Å². The number of hydrogen-bond acceptors (Lipinski definition) is 6. The van der Waals surface area contributed by atoms with Crippen molar-refractivity contribution in [2.24, 2.45) is 0 Å². The number of fused-ring (bicyclic) bond motifs is 2. The molecule has 180 valence electrons. The Morgan fingerprint density at radius 2 is 1.77 bits per heavy atom. The number of alkyl halides is 3. The smallest absolute Gasteiger partial charge is 0.417 e. The van der Waals surface area contributed by atoms with Gasteiger partial charge >= 0.3 is 6.18 Å². The van der Waals surface area contributed by atoms with Crippen molar-refractivity contribution in [1.29, 1.82) is 0 Å². The van der Waals surface area contributed by atoms with Crippen LogP contribution in [0.15, 0.2) is 48.5 Å². The molecule has 11 heteroatoms. The number of hydrogen-bond donors (Lipinski definition) is 1. The molecule has 0 saturated carbocycles. The van der Waals surface area contributed by atoms with E-state index in [0.29, 0.717) is 30.3 Å². The van der Waals surface area contributed by atoms with Crippen LogP contribution in [0, 0.1) is 6.92 Å². The second-order valence-electron chi connectivity index (χ2n) is 8.25. The topological polar surface area (TPSA) is 87.7 Å². The Bertz CT molecular complexity index is 1320. The Kier molecular flexibility index (Phi) is 5.54. The minimum absolute atomic E-state index is 0.0804. The second-order valence-corrected chi connectivity index (χ2v) is 8.25. The summed E-state index contributed by atoms with van der Waals surface area (Å²) in [6.45, 7) is 2.87. The van der Waals surface area contributed by atoms with Gasteiger partial charge in [-0.15, -0.1) is 10.2 Å². The lowest BCUT2D eigenvalue weighted by Gasteiger charge is -2.35. The van der Waals surface area contributed by atoms with Crippen LogP contribution in [-0.2, 0) is 6.18 Å². The van der Waals surface area contributed by atoms with Crippen molar-refractivity contribution < 1.29 is 27.5 Å². The molecule has 1 fully saturated rings. The summed E-state index contributed by atoms with van der Waals surface area (Å²) in [5.41, 5.74) is 0.242. The summed E-state index contributed by atoms with van der Waals surface area (Å²) in [5.74, 6) is -0.0812. The number of ether oxygens (including phenoxy) is 1. The van der Waals surface area contributed by atoms with Crippen molar-refractivity contribution >= 4 is 23.3 Å². The molecule has 8 nitrogen and oxygen atoms in total. The van der Waals surface area contributed by atoms with E-state index >= 15 is 0 Å². The highest BCUT2D eigenvalue weighted by atomic mass is 19.4. The highest BCUT2D eigenvalue weighted by Gasteiger charge is 2.36. The number of carbonyl (C=O) groups is 2. The maximum Gasteiger partial charge on any atom is 0.417 e. The van der Waals surface area contributed by atoms with Gasteiger partial charge in [0.05, 0.1) is 16.8 Å². The Hall–Kier alpha value is -4.15. The Labute approximate surface area is 198 Å². The molecule has 5 rings (SSSR count). The molecule has 0 spiro atoms. The molecule has 35 heavy (non-hydrogen) atoms. The molecule has 3 heterocycles. The fraction of sp³-hybridized carbons (Fsp3) is 0.250. The summed E-state index contributed by atoms with van der Waals surface area (Å²) < 4.78 is 45.9. The molecule has 1 N–H and O–H groups in total. The van der Waals surface area contributed by atoms with Gasteiger partial charge in [-0.25, -0.2) is 0 Å². The third-order valence-electron chi connectivity index (χ3n) is 6.00. The highest BCUT2D eigenvalue weighted by Crippen LogP contribution is 2.37. The van der Waals surface area contributed by atoms with E-state index in [2.05, 4.69) is 15.5 Å². The van der Waals surface area contributed by atoms with Crippen LogP contribution in [0.3, 0.4) is 0 Å². The van der Waals surface area contributed by atoms with Crippen LogP contribution in [-0.4, -0.2) is 53.1 Å². The summed E-state index contributed by atoms with van der Waals surface area (Å²) in [5, 5.41) is 11.1. The van der Waals surface area contributed by atoms with Gasteiger partial charge in [-0.3, -0.25) is 9.59 Å². The van der Waals surface area contributed by atoms with Crippen molar-refractivity contribution in [3.8, 4) is 11.6 Å². The number of piperazine rings is 1. The molecule has 2 aliphatic heterocycles. The number of benzene rings is 2. The van der Waals surface area contributed by atoms with E-state index < -0.39 is 23.6 Å². The van der Waals surface area contributed by atoms with Gasteiger partial charge < -0.3 is 19.9 Å². The molecule has 2 aliphatic rings. The number of nitrogens with zero attached hydrogens (tertiary/aromatic N) is 4. The van der Waals surface area contributed by atoms with E-state index in [1.165, 1.54) is 23.1 Å². The number of rotatable bonds is 2. The van der Waals surface area contributed by atoms with Gasteiger partial charge in [0.1, 0.15) is 5.56 Å². The largest absolute Gasteiger partial charge is 0.434 e. The summed E-state index contributed by atoms with van der Waals surface area (Å²) >= 11 is 0.